The van der Waals surface area contributed by atoms with Crippen molar-refractivity contribution >= 4 is 47.2 Å². The predicted molar refractivity (Wildman–Crippen MR) is 78.5 cm³/mol. The van der Waals surface area contributed by atoms with E-state index in [2.05, 4.69) is 15.3 Å². The second-order valence-electron chi connectivity index (χ2n) is 3.73. The average Bonchev–Trinajstić information content (AvgIpc) is 2.22. The van der Waals surface area contributed by atoms with Crippen molar-refractivity contribution in [2.24, 2.45) is 0 Å². The molecule has 0 amide bonds. The monoisotopic (exact) mass is 303 g/mol. The minimum Gasteiger partial charge on any atom is -0.324 e. The van der Waals surface area contributed by atoms with E-state index in [4.69, 9.17) is 23.2 Å². The van der Waals surface area contributed by atoms with E-state index >= 15 is 0 Å². The van der Waals surface area contributed by atoms with Gasteiger partial charge in [-0.15, -0.1) is 12.4 Å². The molecule has 1 aromatic heterocycles. The van der Waals surface area contributed by atoms with Crippen molar-refractivity contribution in [3.05, 3.63) is 45.7 Å². The third-order valence-corrected chi connectivity index (χ3v) is 2.90. The summed E-state index contributed by atoms with van der Waals surface area (Å²) in [5, 5.41) is 4.12. The first-order chi connectivity index (χ1) is 8.04. The maximum absolute atomic E-state index is 5.93. The normalized spacial score (nSPS) is 9.78. The molecule has 3 nitrogen and oxygen atoms in total. The number of nitrogens with zero attached hydrogens (tertiary/aromatic N) is 2. The van der Waals surface area contributed by atoms with Gasteiger partial charge in [0, 0.05) is 17.1 Å². The Labute approximate surface area is 122 Å². The number of benzene rings is 1. The lowest BCUT2D eigenvalue weighted by molar-refractivity contribution is 1.06. The zero-order chi connectivity index (χ0) is 12.4. The van der Waals surface area contributed by atoms with Crippen molar-refractivity contribution < 1.29 is 0 Å². The molecule has 1 aromatic carbocycles. The van der Waals surface area contributed by atoms with Crippen LogP contribution in [0.25, 0.3) is 0 Å². The first-order valence-electron chi connectivity index (χ1n) is 5.09. The Kier molecular flexibility index (Phi) is 5.20. The molecular weight excluding hydrogens is 293 g/mol. The summed E-state index contributed by atoms with van der Waals surface area (Å²) in [4.78, 5) is 8.57. The third-order valence-electron chi connectivity index (χ3n) is 2.16. The fraction of sp³-hybridized carbons (Fsp3) is 0.167. The van der Waals surface area contributed by atoms with Crippen LogP contribution in [-0.2, 0) is 0 Å². The molecule has 2 rings (SSSR count). The van der Waals surface area contributed by atoms with Crippen LogP contribution in [0.2, 0.25) is 10.0 Å². The van der Waals surface area contributed by atoms with Crippen LogP contribution in [-0.4, -0.2) is 9.97 Å². The van der Waals surface area contributed by atoms with E-state index in [1.54, 1.807) is 12.1 Å². The number of anilines is 2. The van der Waals surface area contributed by atoms with Crippen LogP contribution in [0.3, 0.4) is 0 Å². The maximum Gasteiger partial charge on any atom is 0.227 e. The van der Waals surface area contributed by atoms with Gasteiger partial charge in [-0.05, 0) is 38.1 Å². The van der Waals surface area contributed by atoms with Gasteiger partial charge < -0.3 is 5.32 Å². The van der Waals surface area contributed by atoms with Crippen molar-refractivity contribution in [2.75, 3.05) is 5.32 Å². The van der Waals surface area contributed by atoms with Gasteiger partial charge in [0.15, 0.2) is 0 Å². The minimum atomic E-state index is 0. The Balaban J connectivity index is 0.00000162. The zero-order valence-corrected chi connectivity index (χ0v) is 12.2. The van der Waals surface area contributed by atoms with Crippen LogP contribution in [0.5, 0.6) is 0 Å². The number of rotatable bonds is 2. The van der Waals surface area contributed by atoms with Gasteiger partial charge in [-0.25, -0.2) is 9.97 Å². The van der Waals surface area contributed by atoms with E-state index in [9.17, 15) is 0 Å². The number of nitrogens with one attached hydrogen (secondary N) is 1. The molecule has 0 spiro atoms. The standard InChI is InChI=1S/C12H11Cl2N3.ClH/c1-7-5-8(2)16-12(15-7)17-9-3-4-10(13)11(14)6-9;/h3-6H,1-2H3,(H,15,16,17);1H. The molecule has 0 saturated carbocycles. The molecule has 0 fully saturated rings. The van der Waals surface area contributed by atoms with Crippen LogP contribution in [0.4, 0.5) is 11.6 Å². The first kappa shape index (κ1) is 15.0. The molecule has 0 saturated heterocycles. The van der Waals surface area contributed by atoms with E-state index in [0.717, 1.165) is 17.1 Å². The molecule has 6 heteroatoms. The molecule has 0 bridgehead atoms. The topological polar surface area (TPSA) is 37.8 Å². The van der Waals surface area contributed by atoms with Crippen LogP contribution < -0.4 is 5.32 Å². The molecule has 96 valence electrons. The molecule has 0 aliphatic heterocycles. The van der Waals surface area contributed by atoms with E-state index in [1.807, 2.05) is 26.0 Å². The van der Waals surface area contributed by atoms with E-state index in [0.29, 0.717) is 16.0 Å². The Morgan fingerprint density at radius 3 is 2.11 bits per heavy atom. The quantitative estimate of drug-likeness (QED) is 0.883. The highest BCUT2D eigenvalue weighted by Crippen LogP contribution is 2.26. The number of halogens is 3. The van der Waals surface area contributed by atoms with Gasteiger partial charge >= 0.3 is 0 Å². The molecule has 0 atom stereocenters. The summed E-state index contributed by atoms with van der Waals surface area (Å²) in [6.45, 7) is 3.85. The average molecular weight is 305 g/mol. The Morgan fingerprint density at radius 1 is 0.944 bits per heavy atom. The van der Waals surface area contributed by atoms with Gasteiger partial charge in [-0.2, -0.15) is 0 Å². The summed E-state index contributed by atoms with van der Waals surface area (Å²) in [6.07, 6.45) is 0. The number of hydrogen-bond acceptors (Lipinski definition) is 3. The first-order valence-corrected chi connectivity index (χ1v) is 5.84. The smallest absolute Gasteiger partial charge is 0.227 e. The number of aromatic nitrogens is 2. The molecule has 1 N–H and O–H groups in total. The molecule has 18 heavy (non-hydrogen) atoms. The molecule has 0 radical (unpaired) electrons. The van der Waals surface area contributed by atoms with Gasteiger partial charge in [0.2, 0.25) is 5.95 Å². The van der Waals surface area contributed by atoms with Gasteiger partial charge in [0.05, 0.1) is 10.0 Å². The number of hydrogen-bond donors (Lipinski definition) is 1. The minimum absolute atomic E-state index is 0. The second-order valence-corrected chi connectivity index (χ2v) is 4.54. The van der Waals surface area contributed by atoms with Crippen molar-refractivity contribution in [1.29, 1.82) is 0 Å². The molecule has 0 aliphatic carbocycles. The molecule has 0 unspecified atom stereocenters. The molecular formula is C12H12Cl3N3. The summed E-state index contributed by atoms with van der Waals surface area (Å²) in [5.74, 6) is 0.556. The van der Waals surface area contributed by atoms with E-state index in [-0.39, 0.29) is 12.4 Å². The van der Waals surface area contributed by atoms with Crippen LogP contribution in [0, 0.1) is 13.8 Å². The second kappa shape index (κ2) is 6.23. The van der Waals surface area contributed by atoms with Crippen molar-refractivity contribution in [2.45, 2.75) is 13.8 Å². The largest absolute Gasteiger partial charge is 0.324 e. The summed E-state index contributed by atoms with van der Waals surface area (Å²) in [7, 11) is 0. The molecule has 2 aromatic rings. The van der Waals surface area contributed by atoms with Crippen LogP contribution in [0.1, 0.15) is 11.4 Å². The Hall–Kier alpha value is -1.03. The summed E-state index contributed by atoms with van der Waals surface area (Å²) in [6, 6.07) is 7.22. The highest BCUT2D eigenvalue weighted by Gasteiger charge is 2.02. The number of aryl methyl sites for hydroxylation is 2. The third kappa shape index (κ3) is 3.73. The summed E-state index contributed by atoms with van der Waals surface area (Å²) < 4.78 is 0. The highest BCUT2D eigenvalue weighted by molar-refractivity contribution is 6.42. The van der Waals surface area contributed by atoms with Crippen molar-refractivity contribution in [3.63, 3.8) is 0 Å². The fourth-order valence-corrected chi connectivity index (χ4v) is 1.78. The van der Waals surface area contributed by atoms with Gasteiger partial charge in [-0.1, -0.05) is 23.2 Å². The van der Waals surface area contributed by atoms with Gasteiger partial charge in [-0.3, -0.25) is 0 Å². The zero-order valence-electron chi connectivity index (χ0n) is 9.87. The van der Waals surface area contributed by atoms with Gasteiger partial charge in [0.25, 0.3) is 0 Å². The van der Waals surface area contributed by atoms with Crippen LogP contribution in [0.15, 0.2) is 24.3 Å². The lowest BCUT2D eigenvalue weighted by Crippen LogP contribution is -1.99. The SMILES string of the molecule is Cc1cc(C)nc(Nc2ccc(Cl)c(Cl)c2)n1.Cl. The molecule has 1 heterocycles. The van der Waals surface area contributed by atoms with Gasteiger partial charge in [0.1, 0.15) is 0 Å². The molecule has 0 aliphatic rings. The maximum atomic E-state index is 5.93. The lowest BCUT2D eigenvalue weighted by Gasteiger charge is -2.07. The predicted octanol–water partition coefficient (Wildman–Crippen LogP) is 4.57. The fourth-order valence-electron chi connectivity index (χ4n) is 1.48. The highest BCUT2D eigenvalue weighted by atomic mass is 35.5. The van der Waals surface area contributed by atoms with Crippen molar-refractivity contribution in [1.82, 2.24) is 9.97 Å². The lowest BCUT2D eigenvalue weighted by atomic mass is 10.3. The Bertz CT molecular complexity index is 538. The van der Waals surface area contributed by atoms with E-state index in [1.165, 1.54) is 0 Å². The van der Waals surface area contributed by atoms with Crippen molar-refractivity contribution in [3.8, 4) is 0 Å². The van der Waals surface area contributed by atoms with E-state index < -0.39 is 0 Å². The summed E-state index contributed by atoms with van der Waals surface area (Å²) in [5.41, 5.74) is 2.64. The Morgan fingerprint density at radius 2 is 1.56 bits per heavy atom. The van der Waals surface area contributed by atoms with Crippen LogP contribution >= 0.6 is 35.6 Å². The summed E-state index contributed by atoms with van der Waals surface area (Å²) >= 11 is 11.8.